The van der Waals surface area contributed by atoms with Crippen molar-refractivity contribution in [3.63, 3.8) is 0 Å². The highest BCUT2D eigenvalue weighted by atomic mass is 16.6. The van der Waals surface area contributed by atoms with Gasteiger partial charge in [-0.3, -0.25) is 0 Å². The van der Waals surface area contributed by atoms with Crippen LogP contribution in [0.1, 0.15) is 12.8 Å². The highest BCUT2D eigenvalue weighted by molar-refractivity contribution is 5.67. The van der Waals surface area contributed by atoms with E-state index in [2.05, 4.69) is 5.32 Å². The van der Waals surface area contributed by atoms with Crippen molar-refractivity contribution < 1.29 is 28.8 Å². The van der Waals surface area contributed by atoms with E-state index >= 15 is 0 Å². The predicted octanol–water partition coefficient (Wildman–Crippen LogP) is -0.111. The number of rotatable bonds is 12. The number of piperidine rings is 1. The summed E-state index contributed by atoms with van der Waals surface area (Å²) < 4.78 is 21.1. The number of carbonyl (C=O) groups is 1. The zero-order valence-corrected chi connectivity index (χ0v) is 11.8. The average molecular weight is 291 g/mol. The van der Waals surface area contributed by atoms with Gasteiger partial charge in [0.05, 0.1) is 45.7 Å². The lowest BCUT2D eigenvalue weighted by Gasteiger charge is -2.22. The summed E-state index contributed by atoms with van der Waals surface area (Å²) in [5, 5.41) is 11.6. The molecule has 0 saturated carbocycles. The molecule has 1 fully saturated rings. The van der Waals surface area contributed by atoms with E-state index in [1.54, 1.807) is 0 Å². The van der Waals surface area contributed by atoms with Crippen LogP contribution in [0.4, 0.5) is 0 Å². The quantitative estimate of drug-likeness (QED) is 0.485. The zero-order valence-electron chi connectivity index (χ0n) is 11.8. The fourth-order valence-electron chi connectivity index (χ4n) is 1.84. The van der Waals surface area contributed by atoms with Crippen molar-refractivity contribution in [1.82, 2.24) is 5.32 Å². The van der Waals surface area contributed by atoms with Crippen LogP contribution in [-0.4, -0.2) is 76.5 Å². The van der Waals surface area contributed by atoms with Crippen LogP contribution in [0.5, 0.6) is 0 Å². The normalized spacial score (nSPS) is 16.4. The standard InChI is InChI=1S/C13H25NO6/c15-13(16)11-19-8-7-17-5-6-18-9-10-20-12-1-3-14-4-2-12/h12,14H,1-11H2,(H,15,16). The molecule has 0 unspecified atom stereocenters. The van der Waals surface area contributed by atoms with Gasteiger partial charge in [0.25, 0.3) is 0 Å². The summed E-state index contributed by atoms with van der Waals surface area (Å²) >= 11 is 0. The largest absolute Gasteiger partial charge is 0.480 e. The monoisotopic (exact) mass is 291 g/mol. The van der Waals surface area contributed by atoms with Gasteiger partial charge < -0.3 is 29.4 Å². The summed E-state index contributed by atoms with van der Waals surface area (Å²) in [5.41, 5.74) is 0. The summed E-state index contributed by atoms with van der Waals surface area (Å²) in [7, 11) is 0. The molecule has 1 aliphatic rings. The van der Waals surface area contributed by atoms with E-state index < -0.39 is 5.97 Å². The van der Waals surface area contributed by atoms with Crippen LogP contribution in [-0.2, 0) is 23.7 Å². The van der Waals surface area contributed by atoms with E-state index in [9.17, 15) is 4.79 Å². The van der Waals surface area contributed by atoms with Gasteiger partial charge in [-0.1, -0.05) is 0 Å². The Kier molecular flexibility index (Phi) is 10.4. The molecule has 0 amide bonds. The molecule has 0 spiro atoms. The molecule has 1 aliphatic heterocycles. The lowest BCUT2D eigenvalue weighted by Crippen LogP contribution is -2.33. The van der Waals surface area contributed by atoms with Gasteiger partial charge in [-0.15, -0.1) is 0 Å². The van der Waals surface area contributed by atoms with Crippen molar-refractivity contribution in [1.29, 1.82) is 0 Å². The third-order valence-corrected chi connectivity index (χ3v) is 2.84. The number of carboxylic acids is 1. The number of ether oxygens (including phenoxy) is 4. The molecule has 20 heavy (non-hydrogen) atoms. The Morgan fingerprint density at radius 3 is 2.10 bits per heavy atom. The number of hydrogen-bond acceptors (Lipinski definition) is 6. The topological polar surface area (TPSA) is 86.3 Å². The SMILES string of the molecule is O=C(O)COCCOCCOCCOC1CCNCC1. The van der Waals surface area contributed by atoms with Gasteiger partial charge in [-0.2, -0.15) is 0 Å². The van der Waals surface area contributed by atoms with E-state index in [0.717, 1.165) is 25.9 Å². The minimum absolute atomic E-state index is 0.283. The first-order valence-corrected chi connectivity index (χ1v) is 7.06. The molecule has 1 heterocycles. The van der Waals surface area contributed by atoms with Crippen LogP contribution < -0.4 is 5.32 Å². The first kappa shape index (κ1) is 17.3. The molecule has 2 N–H and O–H groups in total. The Morgan fingerprint density at radius 1 is 0.950 bits per heavy atom. The molecule has 0 aromatic rings. The van der Waals surface area contributed by atoms with Crippen molar-refractivity contribution in [2.75, 3.05) is 59.3 Å². The molecule has 0 bridgehead atoms. The predicted molar refractivity (Wildman–Crippen MR) is 71.9 cm³/mol. The molecule has 1 saturated heterocycles. The van der Waals surface area contributed by atoms with Crippen molar-refractivity contribution in [2.24, 2.45) is 0 Å². The van der Waals surface area contributed by atoms with Crippen LogP contribution in [0.25, 0.3) is 0 Å². The van der Waals surface area contributed by atoms with Gasteiger partial charge in [0.1, 0.15) is 6.61 Å². The second-order valence-electron chi connectivity index (χ2n) is 4.49. The van der Waals surface area contributed by atoms with Gasteiger partial charge in [-0.05, 0) is 25.9 Å². The third kappa shape index (κ3) is 10.1. The van der Waals surface area contributed by atoms with Gasteiger partial charge in [-0.25, -0.2) is 4.79 Å². The lowest BCUT2D eigenvalue weighted by atomic mass is 10.1. The number of aliphatic carboxylic acids is 1. The van der Waals surface area contributed by atoms with Crippen LogP contribution in [0, 0.1) is 0 Å². The smallest absolute Gasteiger partial charge is 0.329 e. The maximum Gasteiger partial charge on any atom is 0.329 e. The fraction of sp³-hybridized carbons (Fsp3) is 0.923. The average Bonchev–Trinajstić information content (AvgIpc) is 2.45. The fourth-order valence-corrected chi connectivity index (χ4v) is 1.84. The first-order valence-electron chi connectivity index (χ1n) is 7.06. The van der Waals surface area contributed by atoms with Gasteiger partial charge >= 0.3 is 5.97 Å². The zero-order chi connectivity index (χ0) is 14.5. The minimum Gasteiger partial charge on any atom is -0.480 e. The van der Waals surface area contributed by atoms with Gasteiger partial charge in [0, 0.05) is 0 Å². The Hall–Kier alpha value is -0.730. The number of hydrogen-bond donors (Lipinski definition) is 2. The Labute approximate surface area is 119 Å². The second kappa shape index (κ2) is 12.0. The molecule has 0 aromatic carbocycles. The molecule has 0 aromatic heterocycles. The summed E-state index contributed by atoms with van der Waals surface area (Å²) in [5.74, 6) is -0.970. The summed E-state index contributed by atoms with van der Waals surface area (Å²) in [6, 6.07) is 0. The lowest BCUT2D eigenvalue weighted by molar-refractivity contribution is -0.142. The summed E-state index contributed by atoms with van der Waals surface area (Å²) in [4.78, 5) is 10.1. The third-order valence-electron chi connectivity index (χ3n) is 2.84. The highest BCUT2D eigenvalue weighted by Gasteiger charge is 2.12. The Bertz CT molecular complexity index is 245. The van der Waals surface area contributed by atoms with E-state index in [0.29, 0.717) is 39.1 Å². The van der Waals surface area contributed by atoms with E-state index in [-0.39, 0.29) is 13.2 Å². The molecular formula is C13H25NO6. The molecule has 7 nitrogen and oxygen atoms in total. The number of nitrogens with one attached hydrogen (secondary N) is 1. The van der Waals surface area contributed by atoms with Crippen LogP contribution >= 0.6 is 0 Å². The van der Waals surface area contributed by atoms with Crippen molar-refractivity contribution in [3.8, 4) is 0 Å². The van der Waals surface area contributed by atoms with Crippen LogP contribution in [0.15, 0.2) is 0 Å². The Morgan fingerprint density at radius 2 is 1.50 bits per heavy atom. The summed E-state index contributed by atoms with van der Waals surface area (Å²) in [6.07, 6.45) is 2.50. The summed E-state index contributed by atoms with van der Waals surface area (Å²) in [6.45, 7) is 4.61. The minimum atomic E-state index is -0.970. The first-order chi connectivity index (χ1) is 9.79. The van der Waals surface area contributed by atoms with Crippen LogP contribution in [0.2, 0.25) is 0 Å². The molecule has 0 atom stereocenters. The number of carboxylic acid groups (broad SMARTS) is 1. The van der Waals surface area contributed by atoms with E-state index in [1.165, 1.54) is 0 Å². The molecule has 1 rings (SSSR count). The highest BCUT2D eigenvalue weighted by Crippen LogP contribution is 2.06. The molecule has 7 heteroatoms. The van der Waals surface area contributed by atoms with Crippen molar-refractivity contribution in [3.05, 3.63) is 0 Å². The molecular weight excluding hydrogens is 266 g/mol. The van der Waals surface area contributed by atoms with E-state index in [4.69, 9.17) is 24.1 Å². The second-order valence-corrected chi connectivity index (χ2v) is 4.49. The van der Waals surface area contributed by atoms with Gasteiger partial charge in [0.2, 0.25) is 0 Å². The molecule has 118 valence electrons. The van der Waals surface area contributed by atoms with Crippen molar-refractivity contribution in [2.45, 2.75) is 18.9 Å². The van der Waals surface area contributed by atoms with E-state index in [1.807, 2.05) is 0 Å². The Balaban J connectivity index is 1.73. The molecule has 0 radical (unpaired) electrons. The van der Waals surface area contributed by atoms with Gasteiger partial charge in [0.15, 0.2) is 0 Å². The van der Waals surface area contributed by atoms with Crippen molar-refractivity contribution >= 4 is 5.97 Å². The molecule has 0 aliphatic carbocycles. The maximum absolute atomic E-state index is 10.1. The maximum atomic E-state index is 10.1. The van der Waals surface area contributed by atoms with Crippen LogP contribution in [0.3, 0.4) is 0 Å².